The summed E-state index contributed by atoms with van der Waals surface area (Å²) < 4.78 is 4.86. The third-order valence-corrected chi connectivity index (χ3v) is 1.46. The van der Waals surface area contributed by atoms with E-state index in [-0.39, 0.29) is 5.69 Å². The second-order valence-corrected chi connectivity index (χ2v) is 2.36. The first-order valence-electron chi connectivity index (χ1n) is 4.46. The Morgan fingerprint density at radius 1 is 1.29 bits per heavy atom. The third kappa shape index (κ3) is 4.00. The van der Waals surface area contributed by atoms with Gasteiger partial charge in [-0.3, -0.25) is 10.1 Å². The predicted octanol–water partition coefficient (Wildman–Crippen LogP) is 2.77. The first kappa shape index (κ1) is 12.6. The molecule has 14 heavy (non-hydrogen) atoms. The van der Waals surface area contributed by atoms with E-state index in [0.29, 0.717) is 6.61 Å². The number of methoxy groups -OCH3 is 1. The maximum Gasteiger partial charge on any atom is 0.269 e. The molecule has 0 fully saturated rings. The van der Waals surface area contributed by atoms with Gasteiger partial charge in [0.1, 0.15) is 0 Å². The van der Waals surface area contributed by atoms with Crippen molar-refractivity contribution in [1.29, 1.82) is 0 Å². The molecule has 0 N–H and O–H groups in total. The summed E-state index contributed by atoms with van der Waals surface area (Å²) in [5.74, 6) is 0. The van der Waals surface area contributed by atoms with Crippen LogP contribution in [-0.2, 0) is 11.3 Å². The van der Waals surface area contributed by atoms with Crippen LogP contribution in [0, 0.1) is 10.1 Å². The van der Waals surface area contributed by atoms with Crippen LogP contribution in [0.2, 0.25) is 0 Å². The van der Waals surface area contributed by atoms with Crippen molar-refractivity contribution < 1.29 is 9.66 Å². The Balaban J connectivity index is 0.000000791. The summed E-state index contributed by atoms with van der Waals surface area (Å²) in [4.78, 5) is 9.82. The lowest BCUT2D eigenvalue weighted by atomic mass is 10.2. The molecule has 1 aromatic rings. The quantitative estimate of drug-likeness (QED) is 0.553. The average molecular weight is 197 g/mol. The first-order valence-corrected chi connectivity index (χ1v) is 4.46. The molecule has 4 nitrogen and oxygen atoms in total. The Bertz CT molecular complexity index is 269. The Labute approximate surface area is 83.7 Å². The van der Waals surface area contributed by atoms with E-state index >= 15 is 0 Å². The van der Waals surface area contributed by atoms with Gasteiger partial charge in [0, 0.05) is 19.2 Å². The molecule has 0 aliphatic heterocycles. The van der Waals surface area contributed by atoms with Crippen LogP contribution in [0.5, 0.6) is 0 Å². The minimum atomic E-state index is -0.420. The predicted molar refractivity (Wildman–Crippen MR) is 55.2 cm³/mol. The smallest absolute Gasteiger partial charge is 0.269 e. The molecular weight excluding hydrogens is 182 g/mol. The lowest BCUT2D eigenvalue weighted by Crippen LogP contribution is -1.90. The fourth-order valence-electron chi connectivity index (χ4n) is 0.881. The van der Waals surface area contributed by atoms with E-state index in [4.69, 9.17) is 4.74 Å². The summed E-state index contributed by atoms with van der Waals surface area (Å²) in [6, 6.07) is 6.30. The van der Waals surface area contributed by atoms with Gasteiger partial charge in [0.05, 0.1) is 11.5 Å². The summed E-state index contributed by atoms with van der Waals surface area (Å²) in [5.41, 5.74) is 1.04. The van der Waals surface area contributed by atoms with Crippen LogP contribution in [-0.4, -0.2) is 12.0 Å². The largest absolute Gasteiger partial charge is 0.380 e. The van der Waals surface area contributed by atoms with Crippen LogP contribution in [0.25, 0.3) is 0 Å². The number of rotatable bonds is 3. The fourth-order valence-corrected chi connectivity index (χ4v) is 0.881. The Kier molecular flexibility index (Phi) is 6.32. The van der Waals surface area contributed by atoms with Gasteiger partial charge in [-0.2, -0.15) is 0 Å². The zero-order valence-corrected chi connectivity index (χ0v) is 8.69. The van der Waals surface area contributed by atoms with Gasteiger partial charge in [-0.05, 0) is 17.7 Å². The zero-order valence-electron chi connectivity index (χ0n) is 8.69. The van der Waals surface area contributed by atoms with Crippen molar-refractivity contribution in [2.75, 3.05) is 7.11 Å². The van der Waals surface area contributed by atoms with Gasteiger partial charge >= 0.3 is 0 Å². The highest BCUT2D eigenvalue weighted by atomic mass is 16.6. The van der Waals surface area contributed by atoms with Crippen molar-refractivity contribution >= 4 is 5.69 Å². The molecule has 0 amide bonds. The minimum absolute atomic E-state index is 0.106. The summed E-state index contributed by atoms with van der Waals surface area (Å²) in [6.07, 6.45) is 0. The molecule has 0 unspecified atom stereocenters. The Morgan fingerprint density at radius 2 is 1.79 bits per heavy atom. The van der Waals surface area contributed by atoms with Crippen molar-refractivity contribution in [3.63, 3.8) is 0 Å². The molecule has 0 heterocycles. The number of non-ortho nitro benzene ring substituents is 1. The summed E-state index contributed by atoms with van der Waals surface area (Å²) >= 11 is 0. The molecule has 0 aliphatic carbocycles. The van der Waals surface area contributed by atoms with E-state index in [1.54, 1.807) is 19.2 Å². The van der Waals surface area contributed by atoms with Gasteiger partial charge < -0.3 is 4.74 Å². The van der Waals surface area contributed by atoms with Crippen LogP contribution in [0.1, 0.15) is 19.4 Å². The average Bonchev–Trinajstić information content (AvgIpc) is 2.22. The Hall–Kier alpha value is -1.42. The number of ether oxygens (including phenoxy) is 1. The first-order chi connectivity index (χ1) is 6.74. The summed E-state index contributed by atoms with van der Waals surface area (Å²) in [6.45, 7) is 4.48. The van der Waals surface area contributed by atoms with Crippen LogP contribution in [0.15, 0.2) is 24.3 Å². The highest BCUT2D eigenvalue weighted by Crippen LogP contribution is 2.11. The molecule has 1 aromatic carbocycles. The molecule has 4 heteroatoms. The topological polar surface area (TPSA) is 52.4 Å². The number of benzene rings is 1. The van der Waals surface area contributed by atoms with Gasteiger partial charge in [0.2, 0.25) is 0 Å². The second kappa shape index (κ2) is 7.03. The normalized spacial score (nSPS) is 8.79. The molecule has 0 spiro atoms. The second-order valence-electron chi connectivity index (χ2n) is 2.36. The maximum absolute atomic E-state index is 10.2. The molecule has 1 rings (SSSR count). The minimum Gasteiger partial charge on any atom is -0.380 e. The zero-order chi connectivity index (χ0) is 11.0. The SMILES string of the molecule is CC.COCc1ccc([N+](=O)[O-])cc1. The van der Waals surface area contributed by atoms with Gasteiger partial charge in [0.25, 0.3) is 5.69 Å². The standard InChI is InChI=1S/C8H9NO3.C2H6/c1-12-6-7-2-4-8(5-3-7)9(10)11;1-2/h2-5H,6H2,1H3;1-2H3. The summed E-state index contributed by atoms with van der Waals surface area (Å²) in [5, 5.41) is 10.2. The molecule has 0 aromatic heterocycles. The van der Waals surface area contributed by atoms with Crippen molar-refractivity contribution in [3.8, 4) is 0 Å². The molecule has 0 saturated heterocycles. The van der Waals surface area contributed by atoms with Crippen LogP contribution in [0.4, 0.5) is 5.69 Å². The highest BCUT2D eigenvalue weighted by Gasteiger charge is 2.02. The van der Waals surface area contributed by atoms with Gasteiger partial charge in [-0.1, -0.05) is 13.8 Å². The summed E-state index contributed by atoms with van der Waals surface area (Å²) in [7, 11) is 1.58. The lowest BCUT2D eigenvalue weighted by Gasteiger charge is -1.97. The molecule has 0 bridgehead atoms. The van der Waals surface area contributed by atoms with E-state index in [0.717, 1.165) is 5.56 Å². The number of hydrogen-bond donors (Lipinski definition) is 0. The van der Waals surface area contributed by atoms with E-state index < -0.39 is 4.92 Å². The van der Waals surface area contributed by atoms with Gasteiger partial charge in [-0.15, -0.1) is 0 Å². The van der Waals surface area contributed by atoms with Crippen molar-refractivity contribution in [2.24, 2.45) is 0 Å². The maximum atomic E-state index is 10.2. The Morgan fingerprint density at radius 3 is 2.14 bits per heavy atom. The number of nitro benzene ring substituents is 1. The molecule has 0 aliphatic rings. The van der Waals surface area contributed by atoms with Crippen molar-refractivity contribution in [1.82, 2.24) is 0 Å². The van der Waals surface area contributed by atoms with Crippen molar-refractivity contribution in [3.05, 3.63) is 39.9 Å². The van der Waals surface area contributed by atoms with E-state index in [9.17, 15) is 10.1 Å². The fraction of sp³-hybridized carbons (Fsp3) is 0.400. The highest BCUT2D eigenvalue weighted by molar-refractivity contribution is 5.32. The van der Waals surface area contributed by atoms with E-state index in [2.05, 4.69) is 0 Å². The number of nitrogens with zero attached hydrogens (tertiary/aromatic N) is 1. The van der Waals surface area contributed by atoms with E-state index in [1.807, 2.05) is 13.8 Å². The van der Waals surface area contributed by atoms with Crippen LogP contribution < -0.4 is 0 Å². The van der Waals surface area contributed by atoms with Crippen LogP contribution in [0.3, 0.4) is 0 Å². The molecule has 0 atom stereocenters. The number of hydrogen-bond acceptors (Lipinski definition) is 3. The molecular formula is C10H15NO3. The number of nitro groups is 1. The monoisotopic (exact) mass is 197 g/mol. The third-order valence-electron chi connectivity index (χ3n) is 1.46. The molecule has 0 saturated carbocycles. The lowest BCUT2D eigenvalue weighted by molar-refractivity contribution is -0.384. The van der Waals surface area contributed by atoms with Crippen molar-refractivity contribution in [2.45, 2.75) is 20.5 Å². The van der Waals surface area contributed by atoms with E-state index in [1.165, 1.54) is 12.1 Å². The molecule has 0 radical (unpaired) electrons. The van der Waals surface area contributed by atoms with Gasteiger partial charge in [-0.25, -0.2) is 0 Å². The van der Waals surface area contributed by atoms with Crippen LogP contribution >= 0.6 is 0 Å². The molecule has 78 valence electrons. The van der Waals surface area contributed by atoms with Gasteiger partial charge in [0.15, 0.2) is 0 Å².